The Balaban J connectivity index is 2.54. The van der Waals surface area contributed by atoms with Crippen molar-refractivity contribution in [3.05, 3.63) is 30.1 Å². The van der Waals surface area contributed by atoms with Crippen LogP contribution in [0.4, 0.5) is 4.79 Å². The fraction of sp³-hybridized carbons (Fsp3) is 0.462. The van der Waals surface area contributed by atoms with Crippen LogP contribution in [0.2, 0.25) is 0 Å². The highest BCUT2D eigenvalue weighted by molar-refractivity contribution is 5.75. The number of aliphatic carboxylic acids is 1. The lowest BCUT2D eigenvalue weighted by molar-refractivity contribution is -0.141. The van der Waals surface area contributed by atoms with Crippen LogP contribution >= 0.6 is 0 Å². The second kappa shape index (κ2) is 6.72. The Kier molecular flexibility index (Phi) is 5.29. The van der Waals surface area contributed by atoms with Crippen LogP contribution in [0, 0.1) is 5.92 Å². The van der Waals surface area contributed by atoms with E-state index in [0.717, 1.165) is 5.69 Å². The first-order chi connectivity index (χ1) is 8.91. The van der Waals surface area contributed by atoms with Crippen LogP contribution in [0.1, 0.15) is 12.6 Å². The minimum absolute atomic E-state index is 0.181. The average molecular weight is 265 g/mol. The molecule has 1 N–H and O–H groups in total. The van der Waals surface area contributed by atoms with E-state index < -0.39 is 11.9 Å². The van der Waals surface area contributed by atoms with Crippen LogP contribution in [-0.4, -0.2) is 52.5 Å². The highest BCUT2D eigenvalue weighted by Gasteiger charge is 2.20. The first-order valence-corrected chi connectivity index (χ1v) is 6.00. The first kappa shape index (κ1) is 14.9. The number of carboxylic acids is 1. The van der Waals surface area contributed by atoms with Crippen molar-refractivity contribution >= 4 is 12.0 Å². The van der Waals surface area contributed by atoms with Crippen LogP contribution in [0.5, 0.6) is 0 Å². The molecule has 19 heavy (non-hydrogen) atoms. The van der Waals surface area contributed by atoms with Crippen molar-refractivity contribution in [3.63, 3.8) is 0 Å². The second-order valence-electron chi connectivity index (χ2n) is 4.58. The molecular weight excluding hydrogens is 246 g/mol. The molecule has 0 aliphatic rings. The lowest BCUT2D eigenvalue weighted by Gasteiger charge is -2.25. The van der Waals surface area contributed by atoms with E-state index in [9.17, 15) is 9.59 Å². The van der Waals surface area contributed by atoms with Gasteiger partial charge in [0.15, 0.2) is 0 Å². The molecule has 0 bridgehead atoms. The van der Waals surface area contributed by atoms with Crippen molar-refractivity contribution in [2.45, 2.75) is 13.5 Å². The summed E-state index contributed by atoms with van der Waals surface area (Å²) in [5.41, 5.74) is 0.790. The van der Waals surface area contributed by atoms with Gasteiger partial charge in [0.05, 0.1) is 18.2 Å². The van der Waals surface area contributed by atoms with Gasteiger partial charge in [-0.2, -0.15) is 0 Å². The number of aromatic nitrogens is 1. The Morgan fingerprint density at radius 3 is 2.53 bits per heavy atom. The number of hydrogen-bond acceptors (Lipinski definition) is 3. The molecule has 6 heteroatoms. The van der Waals surface area contributed by atoms with Gasteiger partial charge in [-0.25, -0.2) is 4.79 Å². The number of carbonyl (C=O) groups excluding carboxylic acids is 1. The topological polar surface area (TPSA) is 73.7 Å². The molecule has 0 aliphatic heterocycles. The zero-order valence-electron chi connectivity index (χ0n) is 11.4. The number of pyridine rings is 1. The fourth-order valence-electron chi connectivity index (χ4n) is 1.66. The maximum Gasteiger partial charge on any atom is 0.319 e. The Bertz CT molecular complexity index is 436. The number of amides is 2. The third-order valence-corrected chi connectivity index (χ3v) is 2.75. The molecule has 0 fully saturated rings. The van der Waals surface area contributed by atoms with Gasteiger partial charge in [-0.3, -0.25) is 9.78 Å². The zero-order chi connectivity index (χ0) is 14.4. The van der Waals surface area contributed by atoms with E-state index in [4.69, 9.17) is 5.11 Å². The van der Waals surface area contributed by atoms with E-state index in [0.29, 0.717) is 6.54 Å². The molecule has 6 nitrogen and oxygen atoms in total. The summed E-state index contributed by atoms with van der Waals surface area (Å²) in [5, 5.41) is 8.82. The van der Waals surface area contributed by atoms with E-state index in [1.807, 2.05) is 18.2 Å². The maximum absolute atomic E-state index is 12.0. The van der Waals surface area contributed by atoms with Crippen molar-refractivity contribution in [3.8, 4) is 0 Å². The largest absolute Gasteiger partial charge is 0.481 e. The Morgan fingerprint density at radius 1 is 1.32 bits per heavy atom. The quantitative estimate of drug-likeness (QED) is 0.870. The van der Waals surface area contributed by atoms with Gasteiger partial charge >= 0.3 is 12.0 Å². The normalized spacial score (nSPS) is 11.7. The van der Waals surface area contributed by atoms with Crippen LogP contribution in [0.3, 0.4) is 0 Å². The van der Waals surface area contributed by atoms with E-state index in [1.54, 1.807) is 27.2 Å². The molecule has 0 saturated carbocycles. The molecule has 2 amide bonds. The van der Waals surface area contributed by atoms with E-state index in [1.165, 1.54) is 9.80 Å². The molecular formula is C13H19N3O3. The third-order valence-electron chi connectivity index (χ3n) is 2.75. The lowest BCUT2D eigenvalue weighted by Crippen LogP contribution is -2.41. The van der Waals surface area contributed by atoms with Crippen molar-refractivity contribution < 1.29 is 14.7 Å². The molecule has 0 radical (unpaired) electrons. The molecule has 1 aromatic rings. The van der Waals surface area contributed by atoms with Gasteiger partial charge in [0, 0.05) is 26.8 Å². The fourth-order valence-corrected chi connectivity index (χ4v) is 1.66. The minimum atomic E-state index is -0.910. The van der Waals surface area contributed by atoms with Crippen molar-refractivity contribution in [2.75, 3.05) is 20.6 Å². The Labute approximate surface area is 112 Å². The number of carboxylic acid groups (broad SMARTS) is 1. The van der Waals surface area contributed by atoms with Gasteiger partial charge in [-0.05, 0) is 12.1 Å². The van der Waals surface area contributed by atoms with Crippen molar-refractivity contribution in [2.24, 2.45) is 5.92 Å². The van der Waals surface area contributed by atoms with Gasteiger partial charge in [0.25, 0.3) is 0 Å². The van der Waals surface area contributed by atoms with Crippen LogP contribution < -0.4 is 0 Å². The summed E-state index contributed by atoms with van der Waals surface area (Å²) in [4.78, 5) is 29.9. The van der Waals surface area contributed by atoms with E-state index in [-0.39, 0.29) is 12.6 Å². The van der Waals surface area contributed by atoms with E-state index in [2.05, 4.69) is 4.98 Å². The highest BCUT2D eigenvalue weighted by atomic mass is 16.4. The predicted octanol–water partition coefficient (Wildman–Crippen LogP) is 1.29. The third kappa shape index (κ3) is 4.57. The molecule has 0 aliphatic carbocycles. The summed E-state index contributed by atoms with van der Waals surface area (Å²) >= 11 is 0. The molecule has 0 saturated heterocycles. The highest BCUT2D eigenvalue weighted by Crippen LogP contribution is 2.05. The van der Waals surface area contributed by atoms with Gasteiger partial charge in [0.2, 0.25) is 0 Å². The summed E-state index contributed by atoms with van der Waals surface area (Å²) < 4.78 is 0. The molecule has 1 aromatic heterocycles. The molecule has 0 spiro atoms. The standard InChI is InChI=1S/C13H19N3O3/c1-10(12(17)18)8-15(2)13(19)16(3)9-11-6-4-5-7-14-11/h4-7,10H,8-9H2,1-3H3,(H,17,18). The van der Waals surface area contributed by atoms with Crippen molar-refractivity contribution in [1.82, 2.24) is 14.8 Å². The Hall–Kier alpha value is -2.11. The summed E-state index contributed by atoms with van der Waals surface area (Å²) in [7, 11) is 3.26. The SMILES string of the molecule is CC(CN(C)C(=O)N(C)Cc1ccccn1)C(=O)O. The van der Waals surface area contributed by atoms with Crippen LogP contribution in [0.15, 0.2) is 24.4 Å². The number of carbonyl (C=O) groups is 2. The first-order valence-electron chi connectivity index (χ1n) is 6.00. The number of urea groups is 1. The number of hydrogen-bond donors (Lipinski definition) is 1. The smallest absolute Gasteiger partial charge is 0.319 e. The van der Waals surface area contributed by atoms with Gasteiger partial charge in [-0.15, -0.1) is 0 Å². The summed E-state index contributed by atoms with van der Waals surface area (Å²) in [5.74, 6) is -1.50. The minimum Gasteiger partial charge on any atom is -0.481 e. The molecule has 1 rings (SSSR count). The predicted molar refractivity (Wildman–Crippen MR) is 70.5 cm³/mol. The van der Waals surface area contributed by atoms with Crippen LogP contribution in [-0.2, 0) is 11.3 Å². The summed E-state index contributed by atoms with van der Waals surface area (Å²) in [6.45, 7) is 2.15. The average Bonchev–Trinajstić information content (AvgIpc) is 2.38. The summed E-state index contributed by atoms with van der Waals surface area (Å²) in [6.07, 6.45) is 1.67. The molecule has 1 atom stereocenters. The molecule has 1 unspecified atom stereocenters. The number of nitrogens with zero attached hydrogens (tertiary/aromatic N) is 3. The maximum atomic E-state index is 12.0. The van der Waals surface area contributed by atoms with Gasteiger partial charge < -0.3 is 14.9 Å². The zero-order valence-corrected chi connectivity index (χ0v) is 11.4. The molecule has 1 heterocycles. The second-order valence-corrected chi connectivity index (χ2v) is 4.58. The van der Waals surface area contributed by atoms with Gasteiger partial charge in [-0.1, -0.05) is 13.0 Å². The lowest BCUT2D eigenvalue weighted by atomic mass is 10.2. The number of rotatable bonds is 5. The van der Waals surface area contributed by atoms with Gasteiger partial charge in [0.1, 0.15) is 0 Å². The summed E-state index contributed by atoms with van der Waals surface area (Å²) in [6, 6.07) is 5.28. The van der Waals surface area contributed by atoms with E-state index >= 15 is 0 Å². The Morgan fingerprint density at radius 2 is 2.00 bits per heavy atom. The van der Waals surface area contributed by atoms with Crippen LogP contribution in [0.25, 0.3) is 0 Å². The molecule has 104 valence electrons. The monoisotopic (exact) mass is 265 g/mol. The molecule has 0 aromatic carbocycles. The van der Waals surface area contributed by atoms with Crippen molar-refractivity contribution in [1.29, 1.82) is 0 Å².